The molecule has 2 rings (SSSR count). The third-order valence-corrected chi connectivity index (χ3v) is 2.30. The molecular formula is C11H17N3O. The van der Waals surface area contributed by atoms with Crippen molar-refractivity contribution in [2.75, 3.05) is 6.61 Å². The summed E-state index contributed by atoms with van der Waals surface area (Å²) >= 11 is 0. The highest BCUT2D eigenvalue weighted by Gasteiger charge is 2.20. The van der Waals surface area contributed by atoms with Crippen LogP contribution in [0.5, 0.6) is 5.88 Å². The first kappa shape index (κ1) is 10.4. The minimum Gasteiger partial charge on any atom is -0.477 e. The van der Waals surface area contributed by atoms with Crippen LogP contribution in [0.3, 0.4) is 0 Å². The fourth-order valence-electron chi connectivity index (χ4n) is 1.26. The zero-order valence-electron chi connectivity index (χ0n) is 9.07. The van der Waals surface area contributed by atoms with Crippen LogP contribution >= 0.6 is 0 Å². The molecule has 82 valence electrons. The summed E-state index contributed by atoms with van der Waals surface area (Å²) in [4.78, 5) is 0. The van der Waals surface area contributed by atoms with Crippen molar-refractivity contribution in [2.45, 2.75) is 38.8 Å². The summed E-state index contributed by atoms with van der Waals surface area (Å²) < 4.78 is 5.35. The molecule has 0 amide bonds. The molecule has 4 nitrogen and oxygen atoms in total. The average molecular weight is 207 g/mol. The summed E-state index contributed by atoms with van der Waals surface area (Å²) in [6, 6.07) is 4.56. The zero-order valence-corrected chi connectivity index (χ0v) is 9.07. The van der Waals surface area contributed by atoms with Crippen LogP contribution in [-0.2, 0) is 6.54 Å². The summed E-state index contributed by atoms with van der Waals surface area (Å²) in [5.41, 5.74) is 0.978. The van der Waals surface area contributed by atoms with E-state index in [4.69, 9.17) is 4.74 Å². The van der Waals surface area contributed by atoms with Gasteiger partial charge in [0.25, 0.3) is 0 Å². The monoisotopic (exact) mass is 207 g/mol. The van der Waals surface area contributed by atoms with E-state index in [1.165, 1.54) is 12.8 Å². The van der Waals surface area contributed by atoms with Gasteiger partial charge in [0.1, 0.15) is 0 Å². The van der Waals surface area contributed by atoms with Crippen molar-refractivity contribution in [3.8, 4) is 5.88 Å². The normalized spacial score (nSPS) is 15.3. The first-order chi connectivity index (χ1) is 7.38. The van der Waals surface area contributed by atoms with Gasteiger partial charge in [-0.25, -0.2) is 0 Å². The van der Waals surface area contributed by atoms with Crippen molar-refractivity contribution in [1.29, 1.82) is 0 Å². The SMILES string of the molecule is CCCOc1ccc(CNC2CC2)nn1. The van der Waals surface area contributed by atoms with E-state index in [9.17, 15) is 0 Å². The Morgan fingerprint density at radius 2 is 2.27 bits per heavy atom. The Bertz CT molecular complexity index is 295. The fourth-order valence-corrected chi connectivity index (χ4v) is 1.26. The molecule has 1 fully saturated rings. The molecular weight excluding hydrogens is 190 g/mol. The molecule has 0 saturated heterocycles. The largest absolute Gasteiger partial charge is 0.477 e. The van der Waals surface area contributed by atoms with Crippen LogP contribution in [-0.4, -0.2) is 22.8 Å². The lowest BCUT2D eigenvalue weighted by atomic mass is 10.4. The van der Waals surface area contributed by atoms with Gasteiger partial charge in [0.15, 0.2) is 0 Å². The van der Waals surface area contributed by atoms with E-state index in [0.29, 0.717) is 18.5 Å². The van der Waals surface area contributed by atoms with Gasteiger partial charge in [-0.2, -0.15) is 5.10 Å². The predicted molar refractivity (Wildman–Crippen MR) is 57.7 cm³/mol. The van der Waals surface area contributed by atoms with Crippen LogP contribution in [0.2, 0.25) is 0 Å². The van der Waals surface area contributed by atoms with Crippen LogP contribution in [0, 0.1) is 0 Å². The molecule has 1 aliphatic carbocycles. The molecule has 1 N–H and O–H groups in total. The van der Waals surface area contributed by atoms with Crippen molar-refractivity contribution >= 4 is 0 Å². The van der Waals surface area contributed by atoms with Crippen LogP contribution in [0.15, 0.2) is 12.1 Å². The highest BCUT2D eigenvalue weighted by atomic mass is 16.5. The van der Waals surface area contributed by atoms with Crippen molar-refractivity contribution in [2.24, 2.45) is 0 Å². The van der Waals surface area contributed by atoms with Gasteiger partial charge >= 0.3 is 0 Å². The van der Waals surface area contributed by atoms with Crippen LogP contribution in [0.4, 0.5) is 0 Å². The van der Waals surface area contributed by atoms with Crippen molar-refractivity contribution in [1.82, 2.24) is 15.5 Å². The van der Waals surface area contributed by atoms with Crippen LogP contribution in [0.25, 0.3) is 0 Å². The molecule has 0 radical (unpaired) electrons. The molecule has 0 spiro atoms. The zero-order chi connectivity index (χ0) is 10.5. The molecule has 1 heterocycles. The summed E-state index contributed by atoms with van der Waals surface area (Å²) in [6.45, 7) is 3.58. The van der Waals surface area contributed by atoms with Crippen molar-refractivity contribution in [3.63, 3.8) is 0 Å². The molecule has 0 atom stereocenters. The minimum absolute atomic E-state index is 0.618. The molecule has 0 aliphatic heterocycles. The Hall–Kier alpha value is -1.16. The van der Waals surface area contributed by atoms with Gasteiger partial charge in [-0.15, -0.1) is 5.10 Å². The maximum absolute atomic E-state index is 5.35. The summed E-state index contributed by atoms with van der Waals surface area (Å²) in [7, 11) is 0. The Kier molecular flexibility index (Phi) is 3.50. The highest BCUT2D eigenvalue weighted by Crippen LogP contribution is 2.19. The molecule has 0 aromatic carbocycles. The molecule has 1 aromatic heterocycles. The van der Waals surface area contributed by atoms with E-state index in [0.717, 1.165) is 18.7 Å². The molecule has 1 aliphatic rings. The van der Waals surface area contributed by atoms with E-state index in [2.05, 4.69) is 22.4 Å². The van der Waals surface area contributed by atoms with Gasteiger partial charge in [0.05, 0.1) is 12.3 Å². The summed E-state index contributed by atoms with van der Waals surface area (Å²) in [5.74, 6) is 0.618. The Balaban J connectivity index is 1.79. The van der Waals surface area contributed by atoms with E-state index >= 15 is 0 Å². The van der Waals surface area contributed by atoms with E-state index < -0.39 is 0 Å². The number of nitrogens with one attached hydrogen (secondary N) is 1. The fraction of sp³-hybridized carbons (Fsp3) is 0.636. The van der Waals surface area contributed by atoms with E-state index in [1.807, 2.05) is 12.1 Å². The Morgan fingerprint density at radius 3 is 2.87 bits per heavy atom. The van der Waals surface area contributed by atoms with Crippen molar-refractivity contribution < 1.29 is 4.74 Å². The molecule has 15 heavy (non-hydrogen) atoms. The molecule has 0 unspecified atom stereocenters. The van der Waals surface area contributed by atoms with Gasteiger partial charge in [-0.1, -0.05) is 6.92 Å². The number of nitrogens with zero attached hydrogens (tertiary/aromatic N) is 2. The molecule has 4 heteroatoms. The third-order valence-electron chi connectivity index (χ3n) is 2.30. The van der Waals surface area contributed by atoms with Crippen LogP contribution in [0.1, 0.15) is 31.9 Å². The van der Waals surface area contributed by atoms with Gasteiger partial charge in [-0.3, -0.25) is 0 Å². The standard InChI is InChI=1S/C11H17N3O/c1-2-7-15-11-6-5-10(13-14-11)8-12-9-3-4-9/h5-6,9,12H,2-4,7-8H2,1H3. The number of aromatic nitrogens is 2. The average Bonchev–Trinajstić information content (AvgIpc) is 3.09. The lowest BCUT2D eigenvalue weighted by Gasteiger charge is -2.04. The van der Waals surface area contributed by atoms with E-state index in [1.54, 1.807) is 0 Å². The number of hydrogen-bond donors (Lipinski definition) is 1. The highest BCUT2D eigenvalue weighted by molar-refractivity contribution is 5.11. The maximum Gasteiger partial charge on any atom is 0.233 e. The second-order valence-corrected chi connectivity index (χ2v) is 3.87. The van der Waals surface area contributed by atoms with Crippen LogP contribution < -0.4 is 10.1 Å². The molecule has 1 aromatic rings. The summed E-state index contributed by atoms with van der Waals surface area (Å²) in [6.07, 6.45) is 3.59. The number of ether oxygens (including phenoxy) is 1. The minimum atomic E-state index is 0.618. The Labute approximate surface area is 90.1 Å². The maximum atomic E-state index is 5.35. The Morgan fingerprint density at radius 1 is 1.40 bits per heavy atom. The van der Waals surface area contributed by atoms with Gasteiger partial charge in [0.2, 0.25) is 5.88 Å². The molecule has 0 bridgehead atoms. The predicted octanol–water partition coefficient (Wildman–Crippen LogP) is 1.52. The topological polar surface area (TPSA) is 47.0 Å². The quantitative estimate of drug-likeness (QED) is 0.768. The first-order valence-electron chi connectivity index (χ1n) is 5.57. The van der Waals surface area contributed by atoms with Gasteiger partial charge < -0.3 is 10.1 Å². The first-order valence-corrected chi connectivity index (χ1v) is 5.57. The van der Waals surface area contributed by atoms with E-state index in [-0.39, 0.29) is 0 Å². The lowest BCUT2D eigenvalue weighted by molar-refractivity contribution is 0.301. The second kappa shape index (κ2) is 5.07. The molecule has 1 saturated carbocycles. The van der Waals surface area contributed by atoms with Gasteiger partial charge in [-0.05, 0) is 25.3 Å². The number of rotatable bonds is 6. The smallest absolute Gasteiger partial charge is 0.233 e. The summed E-state index contributed by atoms with van der Waals surface area (Å²) in [5, 5.41) is 11.5. The lowest BCUT2D eigenvalue weighted by Crippen LogP contribution is -2.16. The van der Waals surface area contributed by atoms with Crippen molar-refractivity contribution in [3.05, 3.63) is 17.8 Å². The third kappa shape index (κ3) is 3.47. The van der Waals surface area contributed by atoms with Gasteiger partial charge in [0, 0.05) is 18.7 Å². The second-order valence-electron chi connectivity index (χ2n) is 3.87. The number of hydrogen-bond acceptors (Lipinski definition) is 4.